The number of methoxy groups -OCH3 is 1. The average molecular weight is 368 g/mol. The molecule has 2 atom stereocenters. The molecule has 1 fully saturated rings. The molecule has 0 aliphatic carbocycles. The molecular weight excluding hydrogens is 340 g/mol. The van der Waals surface area contributed by atoms with Gasteiger partial charge in [-0.3, -0.25) is 4.90 Å². The van der Waals surface area contributed by atoms with Crippen molar-refractivity contribution in [2.75, 3.05) is 44.7 Å². The Hall–Kier alpha value is -2.24. The Morgan fingerprint density at radius 2 is 1.85 bits per heavy atom. The van der Waals surface area contributed by atoms with E-state index in [4.69, 9.17) is 9.47 Å². The Balaban J connectivity index is 1.31. The largest absolute Gasteiger partial charge is 0.497 e. The predicted octanol–water partition coefficient (Wildman–Crippen LogP) is 2.87. The third kappa shape index (κ3) is 4.04. The molecule has 2 aliphatic heterocycles. The van der Waals surface area contributed by atoms with Crippen LogP contribution in [-0.4, -0.2) is 55.9 Å². The fraction of sp³-hybridized carbons (Fsp3) is 0.455. The van der Waals surface area contributed by atoms with Gasteiger partial charge in [0, 0.05) is 44.8 Å². The molecule has 0 amide bonds. The van der Waals surface area contributed by atoms with Gasteiger partial charge in [0.1, 0.15) is 17.6 Å². The zero-order valence-corrected chi connectivity index (χ0v) is 16.1. The summed E-state index contributed by atoms with van der Waals surface area (Å²) >= 11 is 0. The second-order valence-electron chi connectivity index (χ2n) is 7.50. The Kier molecular flexibility index (Phi) is 5.23. The van der Waals surface area contributed by atoms with Gasteiger partial charge in [0.15, 0.2) is 0 Å². The number of aliphatic hydroxyl groups excluding tert-OH is 1. The zero-order valence-electron chi connectivity index (χ0n) is 16.1. The lowest BCUT2D eigenvalue weighted by Gasteiger charge is -2.37. The number of hydrogen-bond acceptors (Lipinski definition) is 5. The number of benzene rings is 2. The van der Waals surface area contributed by atoms with E-state index < -0.39 is 6.10 Å². The van der Waals surface area contributed by atoms with E-state index in [1.807, 2.05) is 24.3 Å². The molecule has 5 nitrogen and oxygen atoms in total. The van der Waals surface area contributed by atoms with Gasteiger partial charge in [-0.1, -0.05) is 6.07 Å². The molecule has 0 unspecified atom stereocenters. The number of fused-ring (bicyclic) bond motifs is 1. The van der Waals surface area contributed by atoms with Gasteiger partial charge in [0.05, 0.1) is 13.2 Å². The monoisotopic (exact) mass is 368 g/mol. The van der Waals surface area contributed by atoms with Crippen molar-refractivity contribution in [3.05, 3.63) is 53.6 Å². The lowest BCUT2D eigenvalue weighted by atomic mass is 10.0. The van der Waals surface area contributed by atoms with E-state index in [9.17, 15) is 5.11 Å². The van der Waals surface area contributed by atoms with Crippen molar-refractivity contribution in [3.8, 4) is 11.5 Å². The van der Waals surface area contributed by atoms with Crippen LogP contribution in [0.1, 0.15) is 24.2 Å². The fourth-order valence-electron chi connectivity index (χ4n) is 3.98. The van der Waals surface area contributed by atoms with E-state index in [1.165, 1.54) is 11.3 Å². The zero-order chi connectivity index (χ0) is 18.8. The third-order valence-electron chi connectivity index (χ3n) is 5.55. The summed E-state index contributed by atoms with van der Waals surface area (Å²) in [5.41, 5.74) is 3.43. The number of ether oxygens (including phenoxy) is 2. The summed E-state index contributed by atoms with van der Waals surface area (Å²) in [6.45, 7) is 6.59. The summed E-state index contributed by atoms with van der Waals surface area (Å²) in [5, 5.41) is 10.7. The number of hydrogen-bond donors (Lipinski definition) is 1. The number of rotatable bonds is 5. The summed E-state index contributed by atoms with van der Waals surface area (Å²) in [6, 6.07) is 14.3. The lowest BCUT2D eigenvalue weighted by molar-refractivity contribution is 0.109. The summed E-state index contributed by atoms with van der Waals surface area (Å²) in [4.78, 5) is 4.73. The first kappa shape index (κ1) is 18.1. The molecule has 0 aromatic heterocycles. The normalized spacial score (nSPS) is 20.9. The molecule has 1 saturated heterocycles. The first-order chi connectivity index (χ1) is 13.1. The van der Waals surface area contributed by atoms with Crippen molar-refractivity contribution >= 4 is 5.69 Å². The fourth-order valence-corrected chi connectivity index (χ4v) is 3.98. The summed E-state index contributed by atoms with van der Waals surface area (Å²) < 4.78 is 11.0. The van der Waals surface area contributed by atoms with Crippen LogP contribution in [0, 0.1) is 0 Å². The summed E-state index contributed by atoms with van der Waals surface area (Å²) in [5.74, 6) is 1.85. The second kappa shape index (κ2) is 7.79. The van der Waals surface area contributed by atoms with Gasteiger partial charge in [-0.15, -0.1) is 0 Å². The molecular formula is C22H28N2O3. The van der Waals surface area contributed by atoms with Crippen LogP contribution in [0.3, 0.4) is 0 Å². The van der Waals surface area contributed by atoms with Crippen molar-refractivity contribution in [2.45, 2.75) is 25.6 Å². The van der Waals surface area contributed by atoms with E-state index in [-0.39, 0.29) is 6.10 Å². The molecule has 4 rings (SSSR count). The maximum absolute atomic E-state index is 10.7. The number of piperazine rings is 1. The van der Waals surface area contributed by atoms with E-state index in [1.54, 1.807) is 7.11 Å². The number of nitrogens with zero attached hydrogens (tertiary/aromatic N) is 2. The van der Waals surface area contributed by atoms with Crippen LogP contribution in [0.25, 0.3) is 0 Å². The predicted molar refractivity (Wildman–Crippen MR) is 107 cm³/mol. The van der Waals surface area contributed by atoms with Crippen LogP contribution < -0.4 is 14.4 Å². The standard InChI is InChI=1S/C22H28N2O3/c1-16-13-18-14-17(3-8-22(18)27-16)21(25)15-23-9-11-24(12-10-23)19-4-6-20(26-2)7-5-19/h3-8,14,16,21,25H,9-13,15H2,1-2H3/t16-,21-/m0/s1. The van der Waals surface area contributed by atoms with E-state index in [2.05, 4.69) is 34.9 Å². The molecule has 2 aromatic carbocycles. The van der Waals surface area contributed by atoms with Crippen molar-refractivity contribution in [2.24, 2.45) is 0 Å². The molecule has 27 heavy (non-hydrogen) atoms. The molecule has 5 heteroatoms. The van der Waals surface area contributed by atoms with E-state index in [0.29, 0.717) is 6.54 Å². The minimum atomic E-state index is -0.459. The van der Waals surface area contributed by atoms with Gasteiger partial charge < -0.3 is 19.5 Å². The SMILES string of the molecule is COc1ccc(N2CCN(C[C@H](O)c3ccc4c(c3)C[C@H](C)O4)CC2)cc1. The topological polar surface area (TPSA) is 45.2 Å². The van der Waals surface area contributed by atoms with Crippen LogP contribution in [-0.2, 0) is 6.42 Å². The first-order valence-corrected chi connectivity index (χ1v) is 9.71. The van der Waals surface area contributed by atoms with Crippen LogP contribution in [0.2, 0.25) is 0 Å². The number of anilines is 1. The molecule has 2 aliphatic rings. The lowest BCUT2D eigenvalue weighted by Crippen LogP contribution is -2.47. The van der Waals surface area contributed by atoms with Gasteiger partial charge in [-0.05, 0) is 54.4 Å². The first-order valence-electron chi connectivity index (χ1n) is 9.71. The van der Waals surface area contributed by atoms with Crippen LogP contribution in [0.15, 0.2) is 42.5 Å². The average Bonchev–Trinajstić information content (AvgIpc) is 3.08. The van der Waals surface area contributed by atoms with Crippen molar-refractivity contribution in [3.63, 3.8) is 0 Å². The number of aliphatic hydroxyl groups is 1. The second-order valence-corrected chi connectivity index (χ2v) is 7.50. The minimum absolute atomic E-state index is 0.235. The molecule has 0 saturated carbocycles. The molecule has 2 heterocycles. The molecule has 0 radical (unpaired) electrons. The van der Waals surface area contributed by atoms with Gasteiger partial charge in [-0.25, -0.2) is 0 Å². The highest BCUT2D eigenvalue weighted by Gasteiger charge is 2.23. The molecule has 0 bridgehead atoms. The molecule has 144 valence electrons. The third-order valence-corrected chi connectivity index (χ3v) is 5.55. The van der Waals surface area contributed by atoms with Crippen molar-refractivity contribution in [1.82, 2.24) is 4.90 Å². The van der Waals surface area contributed by atoms with Crippen LogP contribution in [0.5, 0.6) is 11.5 Å². The van der Waals surface area contributed by atoms with Gasteiger partial charge in [0.25, 0.3) is 0 Å². The smallest absolute Gasteiger partial charge is 0.123 e. The van der Waals surface area contributed by atoms with Gasteiger partial charge in [-0.2, -0.15) is 0 Å². The summed E-state index contributed by atoms with van der Waals surface area (Å²) in [7, 11) is 1.69. The highest BCUT2D eigenvalue weighted by molar-refractivity contribution is 5.49. The van der Waals surface area contributed by atoms with Gasteiger partial charge in [0.2, 0.25) is 0 Å². The highest BCUT2D eigenvalue weighted by Crippen LogP contribution is 2.31. The quantitative estimate of drug-likeness (QED) is 0.879. The Morgan fingerprint density at radius 3 is 2.56 bits per heavy atom. The van der Waals surface area contributed by atoms with E-state index >= 15 is 0 Å². The van der Waals surface area contributed by atoms with Crippen LogP contribution >= 0.6 is 0 Å². The van der Waals surface area contributed by atoms with Gasteiger partial charge >= 0.3 is 0 Å². The molecule has 0 spiro atoms. The number of β-amino-alcohol motifs (C(OH)–C–C–N with tert-alkyl or cyclic N) is 1. The minimum Gasteiger partial charge on any atom is -0.497 e. The Morgan fingerprint density at radius 1 is 1.11 bits per heavy atom. The van der Waals surface area contributed by atoms with E-state index in [0.717, 1.165) is 49.7 Å². The van der Waals surface area contributed by atoms with Crippen molar-refractivity contribution < 1.29 is 14.6 Å². The molecule has 2 aromatic rings. The molecule has 1 N–H and O–H groups in total. The maximum Gasteiger partial charge on any atom is 0.123 e. The van der Waals surface area contributed by atoms with Crippen LogP contribution in [0.4, 0.5) is 5.69 Å². The van der Waals surface area contributed by atoms with Crippen molar-refractivity contribution in [1.29, 1.82) is 0 Å². The summed E-state index contributed by atoms with van der Waals surface area (Å²) in [6.07, 6.45) is 0.702. The Labute approximate surface area is 161 Å². The highest BCUT2D eigenvalue weighted by atomic mass is 16.5. The maximum atomic E-state index is 10.7. The Bertz CT molecular complexity index is 770.